The summed E-state index contributed by atoms with van der Waals surface area (Å²) in [7, 11) is 0. The molecular weight excluding hydrogens is 536 g/mol. The molecule has 0 spiro atoms. The fourth-order valence-electron chi connectivity index (χ4n) is 7.72. The summed E-state index contributed by atoms with van der Waals surface area (Å²) in [6.45, 7) is 17.2. The number of nitrogens with one attached hydrogen (secondary N) is 1. The number of para-hydroxylation sites is 1. The summed E-state index contributed by atoms with van der Waals surface area (Å²) in [6.07, 6.45) is 6.49. The summed E-state index contributed by atoms with van der Waals surface area (Å²) >= 11 is 1.62. The molecule has 0 radical (unpaired) electrons. The second kappa shape index (κ2) is 10.9. The van der Waals surface area contributed by atoms with Crippen molar-refractivity contribution in [3.8, 4) is 0 Å². The van der Waals surface area contributed by atoms with Crippen molar-refractivity contribution in [3.05, 3.63) is 87.5 Å². The van der Waals surface area contributed by atoms with Crippen LogP contribution in [-0.4, -0.2) is 44.8 Å². The molecule has 42 heavy (non-hydrogen) atoms. The second-order valence-electron chi connectivity index (χ2n) is 15.0. The third-order valence-electron chi connectivity index (χ3n) is 9.40. The van der Waals surface area contributed by atoms with Crippen molar-refractivity contribution in [2.75, 3.05) is 13.1 Å². The highest BCUT2D eigenvalue weighted by molar-refractivity contribution is 7.09. The molecule has 2 bridgehead atoms. The molecular formula is C36H46N4OS. The number of carbonyl (C=O) groups excluding carboxylic acids is 1. The van der Waals surface area contributed by atoms with E-state index >= 15 is 0 Å². The minimum atomic E-state index is 0.118. The molecule has 3 heterocycles. The maximum Gasteiger partial charge on any atom is 0.273 e. The number of H-pyrrole nitrogens is 1. The van der Waals surface area contributed by atoms with E-state index in [2.05, 4.69) is 111 Å². The lowest BCUT2D eigenvalue weighted by Gasteiger charge is -2.39. The highest BCUT2D eigenvalue weighted by Crippen LogP contribution is 2.52. The first-order valence-corrected chi connectivity index (χ1v) is 16.4. The molecule has 222 valence electrons. The van der Waals surface area contributed by atoms with E-state index in [1.807, 2.05) is 5.38 Å². The molecule has 2 atom stereocenters. The summed E-state index contributed by atoms with van der Waals surface area (Å²) in [6, 6.07) is 17.9. The Balaban J connectivity index is 1.18. The largest absolute Gasteiger partial charge is 0.361 e. The number of nitrogens with zero attached hydrogens (tertiary/aromatic N) is 3. The van der Waals surface area contributed by atoms with Crippen LogP contribution in [0.3, 0.4) is 0 Å². The van der Waals surface area contributed by atoms with Gasteiger partial charge in [-0.2, -0.15) is 0 Å². The van der Waals surface area contributed by atoms with E-state index in [0.29, 0.717) is 11.7 Å². The number of carbonyl (C=O) groups is 1. The van der Waals surface area contributed by atoms with Gasteiger partial charge in [-0.15, -0.1) is 11.3 Å². The highest BCUT2D eigenvalue weighted by Gasteiger charge is 2.51. The number of thiazole rings is 1. The van der Waals surface area contributed by atoms with Gasteiger partial charge >= 0.3 is 0 Å². The van der Waals surface area contributed by atoms with Crippen LogP contribution >= 0.6 is 11.3 Å². The molecule has 1 aliphatic carbocycles. The van der Waals surface area contributed by atoms with Crippen LogP contribution in [0, 0.1) is 10.8 Å². The molecule has 2 aliphatic rings. The lowest BCUT2D eigenvalue weighted by Crippen LogP contribution is -2.37. The van der Waals surface area contributed by atoms with Gasteiger partial charge in [0.25, 0.3) is 5.91 Å². The number of aromatic nitrogens is 2. The molecule has 1 aliphatic heterocycles. The van der Waals surface area contributed by atoms with Crippen LogP contribution in [0.15, 0.2) is 60.1 Å². The van der Waals surface area contributed by atoms with Crippen LogP contribution in [0.2, 0.25) is 0 Å². The summed E-state index contributed by atoms with van der Waals surface area (Å²) in [5, 5.41) is 4.29. The summed E-state index contributed by atoms with van der Waals surface area (Å²) in [5.41, 5.74) is 6.44. The van der Waals surface area contributed by atoms with Crippen LogP contribution in [0.4, 0.5) is 0 Å². The van der Waals surface area contributed by atoms with E-state index in [0.717, 1.165) is 50.4 Å². The smallest absolute Gasteiger partial charge is 0.273 e. The Morgan fingerprint density at radius 3 is 2.60 bits per heavy atom. The topological polar surface area (TPSA) is 52.2 Å². The van der Waals surface area contributed by atoms with Gasteiger partial charge in [0, 0.05) is 48.2 Å². The van der Waals surface area contributed by atoms with Crippen molar-refractivity contribution in [1.82, 2.24) is 19.8 Å². The molecule has 1 amide bonds. The Labute approximate surface area is 255 Å². The predicted molar refractivity (Wildman–Crippen MR) is 174 cm³/mol. The fraction of sp³-hybridized carbons (Fsp3) is 0.500. The lowest BCUT2D eigenvalue weighted by atomic mass is 9.65. The lowest BCUT2D eigenvalue weighted by molar-refractivity contribution is 0.0702. The van der Waals surface area contributed by atoms with Crippen molar-refractivity contribution >= 4 is 28.1 Å². The number of hydrogen-bond donors (Lipinski definition) is 1. The Morgan fingerprint density at radius 1 is 1.07 bits per heavy atom. The van der Waals surface area contributed by atoms with Gasteiger partial charge in [-0.3, -0.25) is 9.69 Å². The molecule has 1 saturated carbocycles. The fourth-order valence-corrected chi connectivity index (χ4v) is 8.53. The SMILES string of the molecule is CC1(C)CC2CC(C)(CN2C(=O)c2csc(CN(CCc3c[nH]c4ccccc34)Cc3ccc(C(C)(C)C)cc3)n2)C1. The van der Waals surface area contributed by atoms with Gasteiger partial charge < -0.3 is 9.88 Å². The number of rotatable bonds is 8. The number of benzene rings is 2. The van der Waals surface area contributed by atoms with Crippen molar-refractivity contribution in [1.29, 1.82) is 0 Å². The average Bonchev–Trinajstić information content (AvgIpc) is 3.62. The average molecular weight is 583 g/mol. The standard InChI is InChI=1S/C36H46N4OS/c1-34(2,3)27-13-11-25(12-14-27)20-39(16-15-26-19-37-30-10-8-7-9-29(26)30)21-32-38-31(22-42-32)33(41)40-24-36(6)18-28(40)17-35(4,5)23-36/h7-14,19,22,28,37H,15-18,20-21,23-24H2,1-6H3. The van der Waals surface area contributed by atoms with Crippen LogP contribution in [0.5, 0.6) is 0 Å². The number of aromatic amines is 1. The highest BCUT2D eigenvalue weighted by atomic mass is 32.1. The molecule has 6 rings (SSSR count). The Hall–Kier alpha value is -2.96. The Bertz CT molecular complexity index is 1560. The third kappa shape index (κ3) is 6.21. The minimum Gasteiger partial charge on any atom is -0.361 e. The molecule has 5 nitrogen and oxygen atoms in total. The van der Waals surface area contributed by atoms with Crippen molar-refractivity contribution in [2.24, 2.45) is 10.8 Å². The van der Waals surface area contributed by atoms with Gasteiger partial charge in [-0.05, 0) is 64.7 Å². The number of hydrogen-bond acceptors (Lipinski definition) is 4. The van der Waals surface area contributed by atoms with Crippen LogP contribution in [-0.2, 0) is 24.9 Å². The van der Waals surface area contributed by atoms with Crippen molar-refractivity contribution in [2.45, 2.75) is 91.8 Å². The van der Waals surface area contributed by atoms with E-state index in [9.17, 15) is 4.79 Å². The molecule has 2 aromatic heterocycles. The second-order valence-corrected chi connectivity index (χ2v) is 16.0. The number of fused-ring (bicyclic) bond motifs is 3. The van der Waals surface area contributed by atoms with E-state index in [1.165, 1.54) is 34.0 Å². The quantitative estimate of drug-likeness (QED) is 0.228. The Kier molecular flexibility index (Phi) is 7.59. The van der Waals surface area contributed by atoms with Crippen LogP contribution in [0.1, 0.15) is 93.0 Å². The van der Waals surface area contributed by atoms with Crippen molar-refractivity contribution in [3.63, 3.8) is 0 Å². The van der Waals surface area contributed by atoms with Gasteiger partial charge in [-0.1, -0.05) is 84.0 Å². The van der Waals surface area contributed by atoms with Gasteiger partial charge in [-0.25, -0.2) is 4.98 Å². The first-order chi connectivity index (χ1) is 19.9. The van der Waals surface area contributed by atoms with Crippen LogP contribution in [0.25, 0.3) is 10.9 Å². The maximum absolute atomic E-state index is 13.7. The van der Waals surface area contributed by atoms with Crippen LogP contribution < -0.4 is 0 Å². The van der Waals surface area contributed by atoms with E-state index in [4.69, 9.17) is 4.98 Å². The Morgan fingerprint density at radius 2 is 1.83 bits per heavy atom. The van der Waals surface area contributed by atoms with E-state index in [-0.39, 0.29) is 22.2 Å². The molecule has 1 saturated heterocycles. The summed E-state index contributed by atoms with van der Waals surface area (Å²) in [5.74, 6) is 0.118. The molecule has 4 aromatic rings. The number of likely N-dealkylation sites (tertiary alicyclic amines) is 1. The summed E-state index contributed by atoms with van der Waals surface area (Å²) in [4.78, 5) is 26.7. The molecule has 6 heteroatoms. The zero-order valence-corrected chi connectivity index (χ0v) is 27.0. The third-order valence-corrected chi connectivity index (χ3v) is 10.2. The van der Waals surface area contributed by atoms with Gasteiger partial charge in [0.1, 0.15) is 10.7 Å². The first kappa shape index (κ1) is 29.1. The minimum absolute atomic E-state index is 0.118. The molecule has 2 unspecified atom stereocenters. The maximum atomic E-state index is 13.7. The van der Waals surface area contributed by atoms with Gasteiger partial charge in [0.05, 0.1) is 6.54 Å². The molecule has 2 fully saturated rings. The van der Waals surface area contributed by atoms with Crippen molar-refractivity contribution < 1.29 is 4.79 Å². The van der Waals surface area contributed by atoms with Gasteiger partial charge in [0.2, 0.25) is 0 Å². The monoisotopic (exact) mass is 582 g/mol. The molecule has 2 aromatic carbocycles. The van der Waals surface area contributed by atoms with E-state index in [1.54, 1.807) is 11.3 Å². The predicted octanol–water partition coefficient (Wildman–Crippen LogP) is 8.21. The normalized spacial score (nSPS) is 21.9. The molecule has 1 N–H and O–H groups in total. The van der Waals surface area contributed by atoms with Gasteiger partial charge in [0.15, 0.2) is 0 Å². The zero-order chi connectivity index (χ0) is 29.7. The number of amides is 1. The van der Waals surface area contributed by atoms with E-state index < -0.39 is 0 Å². The summed E-state index contributed by atoms with van der Waals surface area (Å²) < 4.78 is 0. The zero-order valence-electron chi connectivity index (χ0n) is 26.2. The first-order valence-electron chi connectivity index (χ1n) is 15.5.